The van der Waals surface area contributed by atoms with Gasteiger partial charge in [0.1, 0.15) is 11.5 Å². The van der Waals surface area contributed by atoms with Crippen molar-refractivity contribution in [2.75, 3.05) is 7.11 Å². The minimum absolute atomic E-state index is 0.0401. The molecule has 2 fully saturated rings. The topological polar surface area (TPSA) is 63.7 Å². The van der Waals surface area contributed by atoms with Gasteiger partial charge in [0, 0.05) is 17.8 Å². The Morgan fingerprint density at radius 2 is 1.28 bits per heavy atom. The normalized spacial score (nSPS) is 30.0. The molecule has 5 nitrogen and oxygen atoms in total. The molecule has 0 N–H and O–H groups in total. The largest absolute Gasteiger partial charge is 0.498 e. The number of Topliss-reactive ketones (excluding diaryl/α,β-unsaturated/α-hetero) is 1. The van der Waals surface area contributed by atoms with Crippen molar-refractivity contribution in [2.24, 2.45) is 29.6 Å². The van der Waals surface area contributed by atoms with Gasteiger partial charge in [-0.05, 0) is 48.9 Å². The zero-order chi connectivity index (χ0) is 27.6. The lowest BCUT2D eigenvalue weighted by Crippen LogP contribution is -2.37. The number of benzene rings is 3. The summed E-state index contributed by atoms with van der Waals surface area (Å²) in [5, 5.41) is 0. The van der Waals surface area contributed by atoms with Crippen molar-refractivity contribution in [1.82, 2.24) is 4.31 Å². The second kappa shape index (κ2) is 9.37. The van der Waals surface area contributed by atoms with Crippen LogP contribution in [0.15, 0.2) is 95.2 Å². The number of ether oxygens (including phenoxy) is 1. The van der Waals surface area contributed by atoms with E-state index in [4.69, 9.17) is 4.74 Å². The molecule has 0 amide bonds. The SMILES string of the molecule is COC1=C2[C@H]([C@@H](C)[C@H](c3ccc(C)cc3)N2S(=O)(=O)c2ccccc2)[C@@H]2C(=O)[C@H]1[C@H](c1ccc(C)cc1)[C@H]2C. The second-order valence-electron chi connectivity index (χ2n) is 11.5. The molecule has 202 valence electrons. The summed E-state index contributed by atoms with van der Waals surface area (Å²) < 4.78 is 36.7. The van der Waals surface area contributed by atoms with Crippen molar-refractivity contribution in [2.45, 2.75) is 44.6 Å². The molecule has 2 bridgehead atoms. The Labute approximate surface area is 231 Å². The lowest BCUT2D eigenvalue weighted by molar-refractivity contribution is -0.126. The third-order valence-electron chi connectivity index (χ3n) is 9.32. The van der Waals surface area contributed by atoms with Crippen molar-refractivity contribution < 1.29 is 17.9 Å². The van der Waals surface area contributed by atoms with Gasteiger partial charge in [-0.25, -0.2) is 8.42 Å². The van der Waals surface area contributed by atoms with E-state index in [-0.39, 0.29) is 40.3 Å². The molecule has 3 aliphatic rings. The fourth-order valence-electron chi connectivity index (χ4n) is 7.56. The summed E-state index contributed by atoms with van der Waals surface area (Å²) >= 11 is 0. The van der Waals surface area contributed by atoms with Crippen LogP contribution in [0.4, 0.5) is 0 Å². The van der Waals surface area contributed by atoms with E-state index < -0.39 is 22.0 Å². The van der Waals surface area contributed by atoms with Crippen molar-refractivity contribution in [3.8, 4) is 0 Å². The highest BCUT2D eigenvalue weighted by Crippen LogP contribution is 2.64. The van der Waals surface area contributed by atoms with Crippen molar-refractivity contribution in [3.63, 3.8) is 0 Å². The molecule has 0 spiro atoms. The molecule has 1 aliphatic heterocycles. The van der Waals surface area contributed by atoms with Crippen LogP contribution < -0.4 is 0 Å². The molecular weight excluding hydrogens is 506 g/mol. The van der Waals surface area contributed by atoms with Gasteiger partial charge in [-0.15, -0.1) is 0 Å². The summed E-state index contributed by atoms with van der Waals surface area (Å²) in [7, 11) is -2.37. The van der Waals surface area contributed by atoms with Crippen molar-refractivity contribution in [3.05, 3.63) is 113 Å². The minimum atomic E-state index is -3.95. The molecule has 0 radical (unpaired) electrons. The van der Waals surface area contributed by atoms with Crippen LogP contribution in [0.25, 0.3) is 0 Å². The number of carbonyl (C=O) groups excluding carboxylic acids is 1. The van der Waals surface area contributed by atoms with E-state index in [2.05, 4.69) is 45.0 Å². The zero-order valence-corrected chi connectivity index (χ0v) is 23.9. The number of nitrogens with zero attached hydrogens (tertiary/aromatic N) is 1. The Kier molecular flexibility index (Phi) is 6.22. The maximum Gasteiger partial charge on any atom is 0.264 e. The smallest absolute Gasteiger partial charge is 0.264 e. The van der Waals surface area contributed by atoms with Crippen LogP contribution in [0.2, 0.25) is 0 Å². The lowest BCUT2D eigenvalue weighted by Gasteiger charge is -2.33. The molecule has 2 aliphatic carbocycles. The number of methoxy groups -OCH3 is 1. The van der Waals surface area contributed by atoms with Gasteiger partial charge < -0.3 is 4.74 Å². The van der Waals surface area contributed by atoms with Gasteiger partial charge in [-0.1, -0.05) is 91.7 Å². The first kappa shape index (κ1) is 25.9. The van der Waals surface area contributed by atoms with Crippen LogP contribution in [-0.2, 0) is 19.6 Å². The highest BCUT2D eigenvalue weighted by Gasteiger charge is 2.65. The Hall–Kier alpha value is -3.38. The Bertz CT molecular complexity index is 1540. The third-order valence-corrected chi connectivity index (χ3v) is 11.1. The Morgan fingerprint density at radius 1 is 0.718 bits per heavy atom. The molecule has 1 saturated heterocycles. The van der Waals surface area contributed by atoms with Gasteiger partial charge in [0.2, 0.25) is 0 Å². The van der Waals surface area contributed by atoms with Crippen LogP contribution in [-0.4, -0.2) is 25.6 Å². The number of hydrogen-bond donors (Lipinski definition) is 0. The second-order valence-corrected chi connectivity index (χ2v) is 13.3. The van der Waals surface area contributed by atoms with Crippen LogP contribution >= 0.6 is 0 Å². The van der Waals surface area contributed by atoms with Gasteiger partial charge in [0.15, 0.2) is 0 Å². The number of allylic oxidation sites excluding steroid dienone is 2. The molecule has 3 aromatic rings. The zero-order valence-electron chi connectivity index (χ0n) is 23.0. The van der Waals surface area contributed by atoms with Gasteiger partial charge in [-0.2, -0.15) is 0 Å². The van der Waals surface area contributed by atoms with E-state index in [1.54, 1.807) is 35.7 Å². The van der Waals surface area contributed by atoms with Crippen LogP contribution in [0.3, 0.4) is 0 Å². The molecule has 39 heavy (non-hydrogen) atoms. The molecule has 0 aromatic heterocycles. The van der Waals surface area contributed by atoms with E-state index in [1.807, 2.05) is 37.3 Å². The number of fused-ring (bicyclic) bond motifs is 4. The lowest BCUT2D eigenvalue weighted by atomic mass is 9.72. The number of aryl methyl sites for hydroxylation is 2. The number of hydrogen-bond acceptors (Lipinski definition) is 4. The van der Waals surface area contributed by atoms with E-state index in [9.17, 15) is 13.2 Å². The molecule has 7 atom stereocenters. The average molecular weight is 542 g/mol. The summed E-state index contributed by atoms with van der Waals surface area (Å²) in [4.78, 5) is 14.4. The van der Waals surface area contributed by atoms with Crippen LogP contribution in [0, 0.1) is 43.4 Å². The van der Waals surface area contributed by atoms with Crippen molar-refractivity contribution in [1.29, 1.82) is 0 Å². The highest BCUT2D eigenvalue weighted by molar-refractivity contribution is 7.89. The summed E-state index contributed by atoms with van der Waals surface area (Å²) in [6, 6.07) is 24.6. The van der Waals surface area contributed by atoms with Gasteiger partial charge in [0.25, 0.3) is 10.0 Å². The Morgan fingerprint density at radius 3 is 1.85 bits per heavy atom. The molecule has 0 unspecified atom stereocenters. The summed E-state index contributed by atoms with van der Waals surface area (Å²) in [6.07, 6.45) is 0. The number of rotatable bonds is 5. The van der Waals surface area contributed by atoms with E-state index in [0.29, 0.717) is 11.5 Å². The molecule has 6 heteroatoms. The number of sulfonamides is 1. The predicted octanol–water partition coefficient (Wildman–Crippen LogP) is 6.41. The Balaban J connectivity index is 1.60. The van der Waals surface area contributed by atoms with Crippen LogP contribution in [0.1, 0.15) is 48.1 Å². The predicted molar refractivity (Wildman–Crippen MR) is 151 cm³/mol. The van der Waals surface area contributed by atoms with E-state index in [0.717, 1.165) is 22.3 Å². The summed E-state index contributed by atoms with van der Waals surface area (Å²) in [5.74, 6) is -0.528. The summed E-state index contributed by atoms with van der Waals surface area (Å²) in [6.45, 7) is 8.33. The maximum absolute atomic E-state index is 14.5. The highest BCUT2D eigenvalue weighted by atomic mass is 32.2. The molecule has 1 saturated carbocycles. The first-order valence-corrected chi connectivity index (χ1v) is 15.1. The fraction of sp³-hybridized carbons (Fsp3) is 0.364. The minimum Gasteiger partial charge on any atom is -0.498 e. The van der Waals surface area contributed by atoms with Gasteiger partial charge in [-0.3, -0.25) is 9.10 Å². The molecule has 3 aromatic carbocycles. The molecular formula is C33H35NO4S. The average Bonchev–Trinajstić information content (AvgIpc) is 3.32. The first-order chi connectivity index (χ1) is 18.7. The maximum atomic E-state index is 14.5. The number of ketones is 1. The van der Waals surface area contributed by atoms with Gasteiger partial charge >= 0.3 is 0 Å². The monoisotopic (exact) mass is 541 g/mol. The first-order valence-electron chi connectivity index (χ1n) is 13.7. The third kappa shape index (κ3) is 3.79. The standard InChI is InChI=1S/C33H35NO4S/c1-19-11-15-23(16-12-19)26-21(3)28-27-22(4)30(24-17-13-20(2)14-18-24)34(31(27)33(38-5)29(26)32(28)35)39(36,37)25-9-7-6-8-10-25/h6-18,21-22,26-30H,1-5H3/t21-,22-,26+,27-,28-,29-,30-/m1/s1. The van der Waals surface area contributed by atoms with E-state index in [1.165, 1.54) is 0 Å². The fourth-order valence-corrected chi connectivity index (χ4v) is 9.37. The van der Waals surface area contributed by atoms with Gasteiger partial charge in [0.05, 0.1) is 29.7 Å². The quantitative estimate of drug-likeness (QED) is 0.375. The van der Waals surface area contributed by atoms with Crippen molar-refractivity contribution >= 4 is 15.8 Å². The molecule has 6 rings (SSSR count). The molecule has 1 heterocycles. The van der Waals surface area contributed by atoms with Crippen LogP contribution in [0.5, 0.6) is 0 Å². The van der Waals surface area contributed by atoms with E-state index >= 15 is 0 Å². The summed E-state index contributed by atoms with van der Waals surface area (Å²) in [5.41, 5.74) is 4.96. The number of carbonyl (C=O) groups is 1.